The van der Waals surface area contributed by atoms with Gasteiger partial charge >= 0.3 is 6.09 Å². The van der Waals surface area contributed by atoms with E-state index in [2.05, 4.69) is 5.32 Å². The second-order valence-electron chi connectivity index (χ2n) is 4.45. The van der Waals surface area contributed by atoms with Gasteiger partial charge in [0.25, 0.3) is 0 Å². The Kier molecular flexibility index (Phi) is 7.04. The van der Waals surface area contributed by atoms with Gasteiger partial charge in [-0.15, -0.1) is 0 Å². The second-order valence-corrected chi connectivity index (χ2v) is 4.45. The number of nitrogens with one attached hydrogen (secondary N) is 1. The Morgan fingerprint density at radius 2 is 2.05 bits per heavy atom. The van der Waals surface area contributed by atoms with Crippen molar-refractivity contribution in [3.05, 3.63) is 35.4 Å². The number of hydrogen-bond acceptors (Lipinski definition) is 4. The maximum absolute atomic E-state index is 11.5. The molecule has 1 amide bonds. The summed E-state index contributed by atoms with van der Waals surface area (Å²) in [6.45, 7) is 4.10. The van der Waals surface area contributed by atoms with Crippen LogP contribution >= 0.6 is 0 Å². The molecule has 0 aliphatic rings. The van der Waals surface area contributed by atoms with Crippen LogP contribution in [0, 0.1) is 6.92 Å². The monoisotopic (exact) mass is 281 g/mol. The van der Waals surface area contributed by atoms with Gasteiger partial charge in [0.1, 0.15) is 19.0 Å². The van der Waals surface area contributed by atoms with Crippen LogP contribution in [0.15, 0.2) is 24.3 Å². The molecule has 1 N–H and O–H groups in total. The summed E-state index contributed by atoms with van der Waals surface area (Å²) < 4.78 is 16.1. The van der Waals surface area contributed by atoms with Gasteiger partial charge < -0.3 is 19.5 Å². The number of alkyl carbamates (subject to hydrolysis) is 1. The SMILES string of the molecule is CCC(OC(=O)NC)C(OCOC)c1ccccc1C. The number of aryl methyl sites for hydroxylation is 1. The molecule has 0 saturated carbocycles. The van der Waals surface area contributed by atoms with Gasteiger partial charge in [0.15, 0.2) is 0 Å². The van der Waals surface area contributed by atoms with E-state index < -0.39 is 6.09 Å². The van der Waals surface area contributed by atoms with Gasteiger partial charge in [0, 0.05) is 14.2 Å². The van der Waals surface area contributed by atoms with Crippen molar-refractivity contribution in [2.45, 2.75) is 32.5 Å². The summed E-state index contributed by atoms with van der Waals surface area (Å²) in [7, 11) is 3.10. The van der Waals surface area contributed by atoms with Crippen molar-refractivity contribution >= 4 is 6.09 Å². The molecule has 0 spiro atoms. The molecule has 2 unspecified atom stereocenters. The van der Waals surface area contributed by atoms with Crippen molar-refractivity contribution in [2.75, 3.05) is 21.0 Å². The molecule has 20 heavy (non-hydrogen) atoms. The summed E-state index contributed by atoms with van der Waals surface area (Å²) in [4.78, 5) is 11.5. The third-order valence-corrected chi connectivity index (χ3v) is 3.06. The number of hydrogen-bond donors (Lipinski definition) is 1. The molecule has 0 aliphatic heterocycles. The topological polar surface area (TPSA) is 56.8 Å². The maximum atomic E-state index is 11.5. The molecule has 0 radical (unpaired) electrons. The van der Waals surface area contributed by atoms with Gasteiger partial charge in [-0.3, -0.25) is 0 Å². The second kappa shape index (κ2) is 8.55. The van der Waals surface area contributed by atoms with Gasteiger partial charge in [-0.1, -0.05) is 31.2 Å². The Morgan fingerprint density at radius 3 is 2.60 bits per heavy atom. The minimum atomic E-state index is -0.462. The summed E-state index contributed by atoms with van der Waals surface area (Å²) in [6.07, 6.45) is -0.531. The number of ether oxygens (including phenoxy) is 3. The van der Waals surface area contributed by atoms with Crippen molar-refractivity contribution < 1.29 is 19.0 Å². The van der Waals surface area contributed by atoms with Gasteiger partial charge in [-0.05, 0) is 24.5 Å². The smallest absolute Gasteiger partial charge is 0.407 e. The molecule has 0 aliphatic carbocycles. The van der Waals surface area contributed by atoms with E-state index in [4.69, 9.17) is 14.2 Å². The van der Waals surface area contributed by atoms with Crippen molar-refractivity contribution in [1.82, 2.24) is 5.32 Å². The molecule has 0 heterocycles. The summed E-state index contributed by atoms with van der Waals surface area (Å²) in [5.41, 5.74) is 2.09. The number of benzene rings is 1. The molecule has 0 bridgehead atoms. The lowest BCUT2D eigenvalue weighted by atomic mass is 9.98. The van der Waals surface area contributed by atoms with Crippen molar-refractivity contribution in [3.63, 3.8) is 0 Å². The number of carbonyl (C=O) groups is 1. The van der Waals surface area contributed by atoms with Crippen molar-refractivity contribution in [3.8, 4) is 0 Å². The highest BCUT2D eigenvalue weighted by Gasteiger charge is 2.27. The molecule has 5 nitrogen and oxygen atoms in total. The van der Waals surface area contributed by atoms with Gasteiger partial charge in [-0.25, -0.2) is 4.79 Å². The van der Waals surface area contributed by atoms with E-state index in [0.29, 0.717) is 6.42 Å². The molecule has 1 aromatic carbocycles. The molecule has 1 aromatic rings. The van der Waals surface area contributed by atoms with Crippen LogP contribution in [0.4, 0.5) is 4.79 Å². The van der Waals surface area contributed by atoms with Crippen LogP contribution in [0.25, 0.3) is 0 Å². The van der Waals surface area contributed by atoms with Gasteiger partial charge in [0.05, 0.1) is 0 Å². The van der Waals surface area contributed by atoms with Crippen LogP contribution < -0.4 is 5.32 Å². The van der Waals surface area contributed by atoms with E-state index in [1.807, 2.05) is 38.1 Å². The van der Waals surface area contributed by atoms with E-state index >= 15 is 0 Å². The zero-order chi connectivity index (χ0) is 15.0. The Bertz CT molecular complexity index is 422. The quantitative estimate of drug-likeness (QED) is 0.781. The Balaban J connectivity index is 2.97. The number of methoxy groups -OCH3 is 1. The molecular weight excluding hydrogens is 258 g/mol. The Labute approximate surface area is 120 Å². The van der Waals surface area contributed by atoms with Gasteiger partial charge in [-0.2, -0.15) is 0 Å². The average molecular weight is 281 g/mol. The highest BCUT2D eigenvalue weighted by molar-refractivity contribution is 5.66. The molecular formula is C15H23NO4. The average Bonchev–Trinajstić information content (AvgIpc) is 2.47. The zero-order valence-electron chi connectivity index (χ0n) is 12.5. The van der Waals surface area contributed by atoms with Crippen LogP contribution in [-0.4, -0.2) is 33.1 Å². The molecule has 2 atom stereocenters. The van der Waals surface area contributed by atoms with Crippen LogP contribution in [0.2, 0.25) is 0 Å². The first kappa shape index (κ1) is 16.5. The van der Waals surface area contributed by atoms with E-state index in [-0.39, 0.29) is 19.0 Å². The normalized spacial score (nSPS) is 13.6. The third kappa shape index (κ3) is 4.51. The lowest BCUT2D eigenvalue weighted by molar-refractivity contribution is -0.116. The van der Waals surface area contributed by atoms with E-state index in [9.17, 15) is 4.79 Å². The highest BCUT2D eigenvalue weighted by atomic mass is 16.7. The standard InChI is InChI=1S/C15H23NO4/c1-5-13(20-15(17)16-3)14(19-10-18-4)12-9-7-6-8-11(12)2/h6-9,13-14H,5,10H2,1-4H3,(H,16,17). The lowest BCUT2D eigenvalue weighted by Crippen LogP contribution is -2.32. The van der Waals surface area contributed by atoms with E-state index in [1.54, 1.807) is 7.11 Å². The largest absolute Gasteiger partial charge is 0.443 e. The predicted molar refractivity (Wildman–Crippen MR) is 76.5 cm³/mol. The fourth-order valence-corrected chi connectivity index (χ4v) is 2.00. The summed E-state index contributed by atoms with van der Waals surface area (Å²) in [6, 6.07) is 7.89. The summed E-state index contributed by atoms with van der Waals surface area (Å²) in [5, 5.41) is 2.46. The first-order chi connectivity index (χ1) is 9.63. The predicted octanol–water partition coefficient (Wildman–Crippen LogP) is 2.79. The fraction of sp³-hybridized carbons (Fsp3) is 0.533. The van der Waals surface area contributed by atoms with Crippen molar-refractivity contribution in [1.29, 1.82) is 0 Å². The van der Waals surface area contributed by atoms with Crippen LogP contribution in [0.5, 0.6) is 0 Å². The Morgan fingerprint density at radius 1 is 1.35 bits per heavy atom. The number of carbonyl (C=O) groups excluding carboxylic acids is 1. The van der Waals surface area contributed by atoms with Crippen LogP contribution in [0.1, 0.15) is 30.6 Å². The third-order valence-electron chi connectivity index (χ3n) is 3.06. The van der Waals surface area contributed by atoms with Crippen LogP contribution in [0.3, 0.4) is 0 Å². The summed E-state index contributed by atoms with van der Waals surface area (Å²) >= 11 is 0. The fourth-order valence-electron chi connectivity index (χ4n) is 2.00. The minimum absolute atomic E-state index is 0.145. The lowest BCUT2D eigenvalue weighted by Gasteiger charge is -2.27. The van der Waals surface area contributed by atoms with Crippen molar-refractivity contribution in [2.24, 2.45) is 0 Å². The first-order valence-electron chi connectivity index (χ1n) is 6.68. The number of amides is 1. The number of rotatable bonds is 7. The van der Waals surface area contributed by atoms with E-state index in [1.165, 1.54) is 7.05 Å². The maximum Gasteiger partial charge on any atom is 0.407 e. The summed E-state index contributed by atoms with van der Waals surface area (Å²) in [5.74, 6) is 0. The molecule has 0 saturated heterocycles. The molecule has 1 rings (SSSR count). The first-order valence-corrected chi connectivity index (χ1v) is 6.68. The molecule has 112 valence electrons. The van der Waals surface area contributed by atoms with E-state index in [0.717, 1.165) is 11.1 Å². The highest BCUT2D eigenvalue weighted by Crippen LogP contribution is 2.28. The zero-order valence-corrected chi connectivity index (χ0v) is 12.5. The minimum Gasteiger partial charge on any atom is -0.443 e. The van der Waals surface area contributed by atoms with Gasteiger partial charge in [0.2, 0.25) is 0 Å². The Hall–Kier alpha value is -1.59. The molecule has 0 aromatic heterocycles. The molecule has 0 fully saturated rings. The molecule has 5 heteroatoms. The van der Waals surface area contributed by atoms with Crippen LogP contribution in [-0.2, 0) is 14.2 Å².